The Kier molecular flexibility index (Phi) is 4.99. The molecule has 0 aromatic carbocycles. The lowest BCUT2D eigenvalue weighted by Crippen LogP contribution is -1.80. The average molecular weight is 212 g/mol. The number of thiophene rings is 1. The van der Waals surface area contributed by atoms with Gasteiger partial charge >= 0.3 is 0 Å². The molecule has 0 fully saturated rings. The summed E-state index contributed by atoms with van der Waals surface area (Å²) in [7, 11) is 1.70. The van der Waals surface area contributed by atoms with Crippen LogP contribution >= 0.6 is 24.0 Å². The van der Waals surface area contributed by atoms with Gasteiger partial charge in [0.1, 0.15) is 0 Å². The van der Waals surface area contributed by atoms with Crippen molar-refractivity contribution in [3.8, 4) is 11.8 Å². The first-order chi connectivity index (χ1) is 6.36. The van der Waals surface area contributed by atoms with Crippen molar-refractivity contribution in [2.45, 2.75) is 13.0 Å². The molecule has 0 amide bonds. The summed E-state index contributed by atoms with van der Waals surface area (Å²) in [4.78, 5) is 1.22. The van der Waals surface area contributed by atoms with Crippen LogP contribution in [0, 0.1) is 11.8 Å². The quantitative estimate of drug-likeness (QED) is 0.598. The summed E-state index contributed by atoms with van der Waals surface area (Å²) in [6, 6.07) is 2.07. The van der Waals surface area contributed by atoms with Gasteiger partial charge in [-0.3, -0.25) is 0 Å². The normalized spacial score (nSPS) is 9.38. The van der Waals surface area contributed by atoms with Crippen LogP contribution in [0.15, 0.2) is 11.4 Å². The molecule has 1 aromatic rings. The van der Waals surface area contributed by atoms with Crippen molar-refractivity contribution in [1.82, 2.24) is 0 Å². The summed E-state index contributed by atoms with van der Waals surface area (Å²) in [6.45, 7) is 0.679. The zero-order chi connectivity index (χ0) is 9.52. The number of thiol groups is 1. The average Bonchev–Trinajstić information content (AvgIpc) is 2.54. The monoisotopic (exact) mass is 212 g/mol. The zero-order valence-corrected chi connectivity index (χ0v) is 9.25. The summed E-state index contributed by atoms with van der Waals surface area (Å²) in [6.07, 6.45) is 0.846. The number of methoxy groups -OCH3 is 1. The minimum atomic E-state index is 0.679. The van der Waals surface area contributed by atoms with Crippen molar-refractivity contribution < 1.29 is 4.74 Å². The summed E-state index contributed by atoms with van der Waals surface area (Å²) in [5, 5.41) is 2.06. The molecule has 0 atom stereocenters. The number of hydrogen-bond donors (Lipinski definition) is 1. The van der Waals surface area contributed by atoms with Crippen molar-refractivity contribution in [1.29, 1.82) is 0 Å². The molecule has 0 aliphatic carbocycles. The molecule has 1 rings (SSSR count). The maximum Gasteiger partial charge on any atom is 0.0806 e. The second-order valence-electron chi connectivity index (χ2n) is 2.51. The van der Waals surface area contributed by atoms with Gasteiger partial charge in [-0.1, -0.05) is 11.8 Å². The largest absolute Gasteiger partial charge is 0.379 e. The molecule has 0 saturated heterocycles. The molecule has 0 radical (unpaired) electrons. The van der Waals surface area contributed by atoms with E-state index in [4.69, 9.17) is 4.74 Å². The fourth-order valence-electron chi connectivity index (χ4n) is 0.885. The second-order valence-corrected chi connectivity index (χ2v) is 3.95. The van der Waals surface area contributed by atoms with Crippen LogP contribution in [-0.4, -0.2) is 12.9 Å². The first-order valence-electron chi connectivity index (χ1n) is 4.03. The minimum absolute atomic E-state index is 0.679. The topological polar surface area (TPSA) is 9.23 Å². The van der Waals surface area contributed by atoms with E-state index in [0.717, 1.165) is 17.7 Å². The van der Waals surface area contributed by atoms with Crippen molar-refractivity contribution in [3.63, 3.8) is 0 Å². The highest BCUT2D eigenvalue weighted by atomic mass is 32.1. The van der Waals surface area contributed by atoms with Crippen molar-refractivity contribution in [2.75, 3.05) is 12.9 Å². The molecule has 0 bridgehead atoms. The third-order valence-electron chi connectivity index (χ3n) is 1.41. The fraction of sp³-hybridized carbons (Fsp3) is 0.400. The third-order valence-corrected chi connectivity index (χ3v) is 2.54. The van der Waals surface area contributed by atoms with Crippen molar-refractivity contribution in [3.05, 3.63) is 21.9 Å². The van der Waals surface area contributed by atoms with Crippen LogP contribution in [-0.2, 0) is 11.3 Å². The van der Waals surface area contributed by atoms with Crippen LogP contribution in [0.3, 0.4) is 0 Å². The highest BCUT2D eigenvalue weighted by Gasteiger charge is 1.95. The Hall–Kier alpha value is -0.430. The van der Waals surface area contributed by atoms with Crippen LogP contribution < -0.4 is 0 Å². The molecular weight excluding hydrogens is 200 g/mol. The smallest absolute Gasteiger partial charge is 0.0806 e. The van der Waals surface area contributed by atoms with E-state index >= 15 is 0 Å². The fourth-order valence-corrected chi connectivity index (χ4v) is 1.78. The molecule has 13 heavy (non-hydrogen) atoms. The van der Waals surface area contributed by atoms with Gasteiger partial charge in [-0.15, -0.1) is 11.3 Å². The molecule has 1 nitrogen and oxygen atoms in total. The standard InChI is InChI=1S/C10H12OS2/c1-11-7-10-6-9(8-13-10)4-2-3-5-12/h6,8,12H,3,5,7H2,1H3. The lowest BCUT2D eigenvalue weighted by atomic mass is 10.3. The van der Waals surface area contributed by atoms with Crippen LogP contribution in [0.1, 0.15) is 16.9 Å². The molecule has 0 unspecified atom stereocenters. The van der Waals surface area contributed by atoms with Gasteiger partial charge in [0.05, 0.1) is 6.61 Å². The molecule has 3 heteroatoms. The molecule has 0 saturated carbocycles. The molecular formula is C10H12OS2. The molecule has 0 aliphatic rings. The Bertz CT molecular complexity index is 306. The third kappa shape index (κ3) is 3.86. The maximum absolute atomic E-state index is 5.02. The Morgan fingerprint density at radius 1 is 1.62 bits per heavy atom. The van der Waals surface area contributed by atoms with Gasteiger partial charge < -0.3 is 4.74 Å². The molecule has 0 N–H and O–H groups in total. The van der Waals surface area contributed by atoms with Gasteiger partial charge in [-0.2, -0.15) is 12.6 Å². The minimum Gasteiger partial charge on any atom is -0.379 e. The first-order valence-corrected chi connectivity index (χ1v) is 5.54. The SMILES string of the molecule is COCc1cc(C#CCCS)cs1. The zero-order valence-electron chi connectivity index (χ0n) is 7.54. The van der Waals surface area contributed by atoms with Gasteiger partial charge in [-0.05, 0) is 6.07 Å². The van der Waals surface area contributed by atoms with Gasteiger partial charge in [0.15, 0.2) is 0 Å². The Morgan fingerprint density at radius 3 is 3.15 bits per heavy atom. The molecule has 0 spiro atoms. The molecule has 1 heterocycles. The summed E-state index contributed by atoms with van der Waals surface area (Å²) in [5.74, 6) is 6.95. The highest BCUT2D eigenvalue weighted by molar-refractivity contribution is 7.80. The van der Waals surface area contributed by atoms with E-state index in [9.17, 15) is 0 Å². The van der Waals surface area contributed by atoms with Crippen LogP contribution in [0.2, 0.25) is 0 Å². The lowest BCUT2D eigenvalue weighted by Gasteiger charge is -1.89. The second kappa shape index (κ2) is 6.09. The van der Waals surface area contributed by atoms with E-state index in [2.05, 4.69) is 35.9 Å². The van der Waals surface area contributed by atoms with Crippen LogP contribution in [0.5, 0.6) is 0 Å². The van der Waals surface area contributed by atoms with E-state index in [0.29, 0.717) is 6.61 Å². The molecule has 0 aliphatic heterocycles. The van der Waals surface area contributed by atoms with E-state index < -0.39 is 0 Å². The van der Waals surface area contributed by atoms with Crippen molar-refractivity contribution in [2.24, 2.45) is 0 Å². The van der Waals surface area contributed by atoms with E-state index in [1.54, 1.807) is 18.4 Å². The Balaban J connectivity index is 2.54. The Labute approximate surface area is 88.5 Å². The summed E-state index contributed by atoms with van der Waals surface area (Å²) in [5.41, 5.74) is 1.08. The van der Waals surface area contributed by atoms with Gasteiger partial charge in [0, 0.05) is 35.1 Å². The van der Waals surface area contributed by atoms with Gasteiger partial charge in [-0.25, -0.2) is 0 Å². The number of hydrogen-bond acceptors (Lipinski definition) is 3. The van der Waals surface area contributed by atoms with Gasteiger partial charge in [0.25, 0.3) is 0 Å². The van der Waals surface area contributed by atoms with E-state index in [1.807, 2.05) is 0 Å². The maximum atomic E-state index is 5.02. The molecule has 70 valence electrons. The lowest BCUT2D eigenvalue weighted by molar-refractivity contribution is 0.187. The highest BCUT2D eigenvalue weighted by Crippen LogP contribution is 2.14. The van der Waals surface area contributed by atoms with Gasteiger partial charge in [0.2, 0.25) is 0 Å². The predicted octanol–water partition coefficient (Wildman–Crippen LogP) is 2.57. The van der Waals surface area contributed by atoms with E-state index in [-0.39, 0.29) is 0 Å². The van der Waals surface area contributed by atoms with Crippen LogP contribution in [0.4, 0.5) is 0 Å². The molecule has 1 aromatic heterocycles. The van der Waals surface area contributed by atoms with E-state index in [1.165, 1.54) is 4.88 Å². The first kappa shape index (κ1) is 10.6. The van der Waals surface area contributed by atoms with Crippen molar-refractivity contribution >= 4 is 24.0 Å². The number of ether oxygens (including phenoxy) is 1. The van der Waals surface area contributed by atoms with Crippen LogP contribution in [0.25, 0.3) is 0 Å². The number of rotatable bonds is 3. The Morgan fingerprint density at radius 2 is 2.46 bits per heavy atom. The summed E-state index contributed by atoms with van der Waals surface area (Å²) >= 11 is 5.77. The predicted molar refractivity (Wildman–Crippen MR) is 60.4 cm³/mol. The summed E-state index contributed by atoms with van der Waals surface area (Å²) < 4.78 is 5.02.